The maximum Gasteiger partial charge on any atom is 0.252 e. The van der Waals surface area contributed by atoms with E-state index in [1.807, 2.05) is 37.3 Å². The molecule has 2 saturated carbocycles. The van der Waals surface area contributed by atoms with Crippen LogP contribution in [0.25, 0.3) is 0 Å². The quantitative estimate of drug-likeness (QED) is 0.396. The van der Waals surface area contributed by atoms with Crippen molar-refractivity contribution in [3.05, 3.63) is 53.6 Å². The molecule has 2 aromatic rings. The monoisotopic (exact) mass is 548 g/mol. The first-order valence-electron chi connectivity index (χ1n) is 14.5. The number of nitrogens with zero attached hydrogens (tertiary/aromatic N) is 2. The van der Waals surface area contributed by atoms with Gasteiger partial charge in [0, 0.05) is 37.1 Å². The molecule has 40 heavy (non-hydrogen) atoms. The van der Waals surface area contributed by atoms with Crippen molar-refractivity contribution >= 4 is 23.5 Å². The summed E-state index contributed by atoms with van der Waals surface area (Å²) in [6.07, 6.45) is 5.48. The fraction of sp³-hybridized carbons (Fsp3) is 0.548. The molecule has 2 bridgehead atoms. The number of aliphatic hydroxyl groups is 1. The summed E-state index contributed by atoms with van der Waals surface area (Å²) in [5.41, 5.74) is -0.566. The average molecular weight is 549 g/mol. The second-order valence-corrected chi connectivity index (χ2v) is 11.6. The number of rotatable bonds is 11. The summed E-state index contributed by atoms with van der Waals surface area (Å²) >= 11 is 0. The third-order valence-corrected chi connectivity index (χ3v) is 8.86. The van der Waals surface area contributed by atoms with Gasteiger partial charge < -0.3 is 20.5 Å². The number of benzene rings is 1. The second kappa shape index (κ2) is 12.0. The first-order chi connectivity index (χ1) is 19.3. The zero-order valence-corrected chi connectivity index (χ0v) is 23.4. The van der Waals surface area contributed by atoms with Crippen molar-refractivity contribution in [2.24, 2.45) is 11.8 Å². The van der Waals surface area contributed by atoms with Crippen LogP contribution in [0.1, 0.15) is 74.2 Å². The van der Waals surface area contributed by atoms with Crippen LogP contribution in [0, 0.1) is 11.8 Å². The van der Waals surface area contributed by atoms with E-state index in [2.05, 4.69) is 15.6 Å². The van der Waals surface area contributed by atoms with Gasteiger partial charge in [-0.05, 0) is 55.6 Å². The molecule has 3 fully saturated rings. The molecular formula is C31H40N4O5. The van der Waals surface area contributed by atoms with Gasteiger partial charge in [0.2, 0.25) is 17.7 Å². The second-order valence-electron chi connectivity index (χ2n) is 11.6. The van der Waals surface area contributed by atoms with Crippen molar-refractivity contribution in [3.63, 3.8) is 0 Å². The summed E-state index contributed by atoms with van der Waals surface area (Å²) in [5, 5.41) is 17.8. The summed E-state index contributed by atoms with van der Waals surface area (Å²) < 4.78 is 5.36. The van der Waals surface area contributed by atoms with Gasteiger partial charge in [0.1, 0.15) is 11.4 Å². The van der Waals surface area contributed by atoms with Gasteiger partial charge in [-0.15, -0.1) is 0 Å². The minimum atomic E-state index is -1.60. The number of aliphatic hydroxyl groups excluding tert-OH is 1. The number of carbonyl (C=O) groups is 3. The van der Waals surface area contributed by atoms with Crippen LogP contribution in [0.5, 0.6) is 5.88 Å². The summed E-state index contributed by atoms with van der Waals surface area (Å²) in [5.74, 6) is 0.631. The van der Waals surface area contributed by atoms with Gasteiger partial charge in [0.15, 0.2) is 0 Å². The van der Waals surface area contributed by atoms with Crippen molar-refractivity contribution in [2.75, 3.05) is 18.6 Å². The number of carbonyl (C=O) groups excluding carboxylic acids is 3. The Kier molecular flexibility index (Phi) is 8.40. The van der Waals surface area contributed by atoms with E-state index in [0.717, 1.165) is 24.8 Å². The molecule has 2 aliphatic carbocycles. The molecule has 2 heterocycles. The lowest BCUT2D eigenvalue weighted by Crippen LogP contribution is -2.67. The smallest absolute Gasteiger partial charge is 0.252 e. The Morgan fingerprint density at radius 2 is 2.00 bits per heavy atom. The van der Waals surface area contributed by atoms with Gasteiger partial charge in [0.05, 0.1) is 13.2 Å². The van der Waals surface area contributed by atoms with Crippen LogP contribution < -0.4 is 20.3 Å². The van der Waals surface area contributed by atoms with Crippen molar-refractivity contribution < 1.29 is 24.2 Å². The first-order valence-corrected chi connectivity index (χ1v) is 14.5. The summed E-state index contributed by atoms with van der Waals surface area (Å²) in [6, 6.07) is 12.5. The van der Waals surface area contributed by atoms with Gasteiger partial charge in [-0.2, -0.15) is 4.98 Å². The summed E-state index contributed by atoms with van der Waals surface area (Å²) in [7, 11) is 1.45. The Labute approximate surface area is 235 Å². The van der Waals surface area contributed by atoms with E-state index in [1.165, 1.54) is 19.6 Å². The van der Waals surface area contributed by atoms with E-state index in [-0.39, 0.29) is 35.7 Å². The van der Waals surface area contributed by atoms with Crippen LogP contribution in [0.2, 0.25) is 0 Å². The predicted molar refractivity (Wildman–Crippen MR) is 151 cm³/mol. The Balaban J connectivity index is 1.50. The van der Waals surface area contributed by atoms with E-state index in [0.29, 0.717) is 49.9 Å². The Hall–Kier alpha value is -3.46. The standard InChI is InChI=1S/C31H40N4O5/c1-3-8-25(36)31(19-20-9-5-4-6-10-20,30(39)32-24-16-21-12-13-22(24)15-21)34-29(38)23-17-26(33-27(18-23)40-2)35-14-7-11-28(35)37/h4-6,9-10,17-18,21-22,24-25,36H,3,7-8,11-16,19H2,1-2H3,(H,32,39)(H,34,38)/t21-,22?,24?,25+,31+/m1/s1. The molecular weight excluding hydrogens is 508 g/mol. The molecule has 214 valence electrons. The third kappa shape index (κ3) is 5.70. The Bertz CT molecular complexity index is 1240. The molecule has 5 atom stereocenters. The average Bonchev–Trinajstić information content (AvgIpc) is 3.70. The number of hydrogen-bond acceptors (Lipinski definition) is 6. The number of fused-ring (bicyclic) bond motifs is 2. The molecule has 3 amide bonds. The number of methoxy groups -OCH3 is 1. The topological polar surface area (TPSA) is 121 Å². The number of hydrogen-bond donors (Lipinski definition) is 3. The molecule has 1 aliphatic heterocycles. The molecule has 0 spiro atoms. The molecule has 1 aromatic carbocycles. The van der Waals surface area contributed by atoms with Gasteiger partial charge in [-0.1, -0.05) is 50.1 Å². The molecule has 9 heteroatoms. The van der Waals surface area contributed by atoms with Gasteiger partial charge in [0.25, 0.3) is 5.91 Å². The van der Waals surface area contributed by atoms with E-state index in [4.69, 9.17) is 4.74 Å². The van der Waals surface area contributed by atoms with Crippen LogP contribution in [-0.2, 0) is 16.0 Å². The van der Waals surface area contributed by atoms with Crippen LogP contribution in [0.15, 0.2) is 42.5 Å². The van der Waals surface area contributed by atoms with Crippen molar-refractivity contribution in [2.45, 2.75) is 82.4 Å². The molecule has 9 nitrogen and oxygen atoms in total. The van der Waals surface area contributed by atoms with Gasteiger partial charge >= 0.3 is 0 Å². The zero-order chi connectivity index (χ0) is 28.3. The molecule has 5 rings (SSSR count). The molecule has 2 unspecified atom stereocenters. The van der Waals surface area contributed by atoms with Crippen molar-refractivity contribution in [1.29, 1.82) is 0 Å². The number of amides is 3. The van der Waals surface area contributed by atoms with E-state index in [1.54, 1.807) is 11.0 Å². The normalized spacial score (nSPS) is 24.0. The summed E-state index contributed by atoms with van der Waals surface area (Å²) in [4.78, 5) is 46.6. The highest BCUT2D eigenvalue weighted by molar-refractivity contribution is 6.01. The lowest BCUT2D eigenvalue weighted by molar-refractivity contribution is -0.133. The highest BCUT2D eigenvalue weighted by Crippen LogP contribution is 2.44. The summed E-state index contributed by atoms with van der Waals surface area (Å²) in [6.45, 7) is 2.46. The van der Waals surface area contributed by atoms with E-state index < -0.39 is 17.6 Å². The lowest BCUT2D eigenvalue weighted by atomic mass is 9.81. The molecule has 3 N–H and O–H groups in total. The Morgan fingerprint density at radius 3 is 2.62 bits per heavy atom. The molecule has 1 aromatic heterocycles. The van der Waals surface area contributed by atoms with Crippen LogP contribution in [-0.4, -0.2) is 59.2 Å². The minimum absolute atomic E-state index is 0.0425. The van der Waals surface area contributed by atoms with Crippen LogP contribution >= 0.6 is 0 Å². The fourth-order valence-corrected chi connectivity index (χ4v) is 6.72. The SMILES string of the molecule is CCC[C@H](O)[C@](Cc1ccccc1)(NC(=O)c1cc(OC)nc(N2CCCC2=O)c1)C(=O)NC1C[C@@H]2CCC1C2. The number of anilines is 1. The number of ether oxygens (including phenoxy) is 1. The first kappa shape index (κ1) is 28.1. The van der Waals surface area contributed by atoms with Crippen LogP contribution in [0.4, 0.5) is 5.82 Å². The van der Waals surface area contributed by atoms with Crippen molar-refractivity contribution in [3.8, 4) is 5.88 Å². The molecule has 3 aliphatic rings. The molecule has 1 saturated heterocycles. The van der Waals surface area contributed by atoms with E-state index in [9.17, 15) is 19.5 Å². The molecule has 0 radical (unpaired) electrons. The highest BCUT2D eigenvalue weighted by atomic mass is 16.5. The van der Waals surface area contributed by atoms with Gasteiger partial charge in [-0.25, -0.2) is 0 Å². The lowest BCUT2D eigenvalue weighted by Gasteiger charge is -2.39. The number of pyridine rings is 1. The largest absolute Gasteiger partial charge is 0.481 e. The highest BCUT2D eigenvalue weighted by Gasteiger charge is 2.49. The third-order valence-electron chi connectivity index (χ3n) is 8.86. The Morgan fingerprint density at radius 1 is 1.20 bits per heavy atom. The maximum absolute atomic E-state index is 14.3. The van der Waals surface area contributed by atoms with Crippen molar-refractivity contribution in [1.82, 2.24) is 15.6 Å². The zero-order valence-electron chi connectivity index (χ0n) is 23.4. The van der Waals surface area contributed by atoms with Crippen LogP contribution in [0.3, 0.4) is 0 Å². The van der Waals surface area contributed by atoms with E-state index >= 15 is 0 Å². The van der Waals surface area contributed by atoms with Gasteiger partial charge in [-0.3, -0.25) is 19.3 Å². The predicted octanol–water partition coefficient (Wildman–Crippen LogP) is 3.39. The number of aromatic nitrogens is 1. The number of nitrogens with one attached hydrogen (secondary N) is 2. The maximum atomic E-state index is 14.3. The fourth-order valence-electron chi connectivity index (χ4n) is 6.72. The minimum Gasteiger partial charge on any atom is -0.481 e.